The van der Waals surface area contributed by atoms with Crippen molar-refractivity contribution in [2.45, 2.75) is 12.8 Å². The molecule has 0 aromatic heterocycles. The molecule has 0 unspecified atom stereocenters. The highest BCUT2D eigenvalue weighted by molar-refractivity contribution is 6.10. The van der Waals surface area contributed by atoms with Crippen molar-refractivity contribution in [2.24, 2.45) is 0 Å². The molecule has 3 aromatic rings. The van der Waals surface area contributed by atoms with Gasteiger partial charge in [-0.25, -0.2) is 0 Å². The summed E-state index contributed by atoms with van der Waals surface area (Å²) >= 11 is 0. The highest BCUT2D eigenvalue weighted by Crippen LogP contribution is 2.37. The molecule has 0 bridgehead atoms. The Hall–Kier alpha value is -3.53. The molecule has 4 rings (SSSR count). The van der Waals surface area contributed by atoms with Gasteiger partial charge in [-0.1, -0.05) is 60.7 Å². The summed E-state index contributed by atoms with van der Waals surface area (Å²) in [6.07, 6.45) is 3.54. The Kier molecular flexibility index (Phi) is 5.11. The van der Waals surface area contributed by atoms with Crippen molar-refractivity contribution in [3.63, 3.8) is 0 Å². The average molecular weight is 370 g/mol. The van der Waals surface area contributed by atoms with Gasteiger partial charge in [-0.05, 0) is 48.2 Å². The van der Waals surface area contributed by atoms with Crippen molar-refractivity contribution < 1.29 is 9.53 Å². The van der Waals surface area contributed by atoms with E-state index in [0.717, 1.165) is 24.1 Å². The van der Waals surface area contributed by atoms with Gasteiger partial charge in [0.15, 0.2) is 11.5 Å². The van der Waals surface area contributed by atoms with Crippen LogP contribution in [-0.4, -0.2) is 12.5 Å². The number of benzene rings is 3. The van der Waals surface area contributed by atoms with Crippen molar-refractivity contribution in [3.8, 4) is 5.75 Å². The first kappa shape index (κ1) is 17.9. The monoisotopic (exact) mass is 370 g/mol. The number of amides is 1. The van der Waals surface area contributed by atoms with Crippen molar-refractivity contribution in [3.05, 3.63) is 95.7 Å². The van der Waals surface area contributed by atoms with Crippen LogP contribution in [0.5, 0.6) is 5.75 Å². The normalized spacial score (nSPS) is 14.6. The van der Waals surface area contributed by atoms with Crippen LogP contribution in [0.3, 0.4) is 0 Å². The molecule has 0 aliphatic carbocycles. The molecule has 1 aliphatic heterocycles. The van der Waals surface area contributed by atoms with E-state index in [-0.39, 0.29) is 5.91 Å². The van der Waals surface area contributed by atoms with Gasteiger partial charge in [0.2, 0.25) is 0 Å². The summed E-state index contributed by atoms with van der Waals surface area (Å²) in [7, 11) is 0. The number of nitrogens with zero attached hydrogens (tertiary/aromatic N) is 1. The minimum Gasteiger partial charge on any atom is -0.449 e. The third kappa shape index (κ3) is 3.91. The second-order valence-electron chi connectivity index (χ2n) is 6.79. The molecule has 0 saturated heterocycles. The van der Waals surface area contributed by atoms with Crippen molar-refractivity contribution in [1.82, 2.24) is 0 Å². The molecule has 4 nitrogen and oxygen atoms in total. The van der Waals surface area contributed by atoms with E-state index in [2.05, 4.69) is 12.1 Å². The number of carbonyl (C=O) groups is 1. The highest BCUT2D eigenvalue weighted by Gasteiger charge is 2.30. The lowest BCUT2D eigenvalue weighted by molar-refractivity contribution is -0.117. The molecule has 1 aliphatic rings. The second-order valence-corrected chi connectivity index (χ2v) is 6.79. The molecule has 0 saturated carbocycles. The number of hydrogen-bond donors (Lipinski definition) is 1. The predicted molar refractivity (Wildman–Crippen MR) is 113 cm³/mol. The van der Waals surface area contributed by atoms with Crippen LogP contribution < -0.4 is 15.4 Å². The highest BCUT2D eigenvalue weighted by atomic mass is 16.5. The summed E-state index contributed by atoms with van der Waals surface area (Å²) in [5.74, 6) is 0.828. The lowest BCUT2D eigenvalue weighted by Crippen LogP contribution is -2.38. The molecule has 0 radical (unpaired) electrons. The zero-order valence-electron chi connectivity index (χ0n) is 15.5. The first-order chi connectivity index (χ1) is 13.7. The van der Waals surface area contributed by atoms with E-state index in [4.69, 9.17) is 10.5 Å². The lowest BCUT2D eigenvalue weighted by atomic mass is 10.1. The summed E-state index contributed by atoms with van der Waals surface area (Å²) in [4.78, 5) is 14.9. The van der Waals surface area contributed by atoms with Gasteiger partial charge in [-0.3, -0.25) is 4.79 Å². The molecule has 28 heavy (non-hydrogen) atoms. The number of rotatable bonds is 5. The Bertz CT molecular complexity index is 998. The van der Waals surface area contributed by atoms with E-state index in [0.29, 0.717) is 23.7 Å². The minimum absolute atomic E-state index is 0.144. The Morgan fingerprint density at radius 3 is 2.39 bits per heavy atom. The van der Waals surface area contributed by atoms with E-state index in [1.165, 1.54) is 5.56 Å². The standard InChI is InChI=1S/C24H22N2O2/c25-20-13-14-22-21(17-20)26(15-7-12-18-8-3-1-4-9-18)24(27)23(28-22)16-19-10-5-2-6-11-19/h1-6,8-11,13-14,16-17H,7,12,15,25H2/b23-16+. The molecule has 0 spiro atoms. The summed E-state index contributed by atoms with van der Waals surface area (Å²) in [6, 6.07) is 25.4. The molecule has 1 amide bonds. The average Bonchev–Trinajstić information content (AvgIpc) is 2.72. The largest absolute Gasteiger partial charge is 0.449 e. The van der Waals surface area contributed by atoms with Crippen LogP contribution in [0.1, 0.15) is 17.5 Å². The summed E-state index contributed by atoms with van der Waals surface area (Å²) in [6.45, 7) is 0.597. The number of nitrogens with two attached hydrogens (primary N) is 1. The maximum Gasteiger partial charge on any atom is 0.294 e. The van der Waals surface area contributed by atoms with E-state index < -0.39 is 0 Å². The minimum atomic E-state index is -0.144. The SMILES string of the molecule is Nc1ccc2c(c1)N(CCCc1ccccc1)C(=O)/C(=C\c1ccccc1)O2. The maximum absolute atomic E-state index is 13.1. The topological polar surface area (TPSA) is 55.6 Å². The van der Waals surface area contributed by atoms with Crippen molar-refractivity contribution >= 4 is 23.4 Å². The Morgan fingerprint density at radius 1 is 0.929 bits per heavy atom. The number of ether oxygens (including phenoxy) is 1. The van der Waals surface area contributed by atoms with Gasteiger partial charge in [0.1, 0.15) is 0 Å². The number of aryl methyl sites for hydroxylation is 1. The molecule has 1 heterocycles. The summed E-state index contributed by atoms with van der Waals surface area (Å²) in [5.41, 5.74) is 9.48. The fourth-order valence-corrected chi connectivity index (χ4v) is 3.34. The molecular weight excluding hydrogens is 348 g/mol. The third-order valence-electron chi connectivity index (χ3n) is 4.74. The van der Waals surface area contributed by atoms with Gasteiger partial charge in [0.05, 0.1) is 5.69 Å². The van der Waals surface area contributed by atoms with E-state index in [1.807, 2.05) is 54.6 Å². The Balaban J connectivity index is 1.60. The van der Waals surface area contributed by atoms with Gasteiger partial charge in [-0.15, -0.1) is 0 Å². The number of hydrogen-bond acceptors (Lipinski definition) is 3. The molecule has 2 N–H and O–H groups in total. The Labute approximate surface area is 164 Å². The van der Waals surface area contributed by atoms with Crippen LogP contribution in [0, 0.1) is 0 Å². The van der Waals surface area contributed by atoms with E-state index >= 15 is 0 Å². The predicted octanol–water partition coefficient (Wildman–Crippen LogP) is 4.67. The maximum atomic E-state index is 13.1. The number of fused-ring (bicyclic) bond motifs is 1. The van der Waals surface area contributed by atoms with Crippen LogP contribution in [0.2, 0.25) is 0 Å². The lowest BCUT2D eigenvalue weighted by Gasteiger charge is -2.31. The molecule has 140 valence electrons. The first-order valence-electron chi connectivity index (χ1n) is 9.40. The van der Waals surface area contributed by atoms with Gasteiger partial charge in [0, 0.05) is 12.2 Å². The second kappa shape index (κ2) is 8.01. The number of carbonyl (C=O) groups excluding carboxylic acids is 1. The summed E-state index contributed by atoms with van der Waals surface area (Å²) < 4.78 is 5.91. The fraction of sp³-hybridized carbons (Fsp3) is 0.125. The summed E-state index contributed by atoms with van der Waals surface area (Å²) in [5, 5.41) is 0. The third-order valence-corrected chi connectivity index (χ3v) is 4.74. The first-order valence-corrected chi connectivity index (χ1v) is 9.40. The van der Waals surface area contributed by atoms with Crippen molar-refractivity contribution in [2.75, 3.05) is 17.2 Å². The molecule has 3 aromatic carbocycles. The zero-order valence-corrected chi connectivity index (χ0v) is 15.5. The number of nitrogen functional groups attached to an aromatic ring is 1. The quantitative estimate of drug-likeness (QED) is 0.525. The number of anilines is 2. The van der Waals surface area contributed by atoms with Gasteiger partial charge >= 0.3 is 0 Å². The van der Waals surface area contributed by atoms with Crippen LogP contribution in [0.15, 0.2) is 84.6 Å². The fourth-order valence-electron chi connectivity index (χ4n) is 3.34. The zero-order chi connectivity index (χ0) is 19.3. The molecule has 0 atom stereocenters. The van der Waals surface area contributed by atoms with Crippen LogP contribution in [0.25, 0.3) is 6.08 Å². The van der Waals surface area contributed by atoms with Crippen LogP contribution in [-0.2, 0) is 11.2 Å². The van der Waals surface area contributed by atoms with Gasteiger partial charge in [0.25, 0.3) is 5.91 Å². The molecular formula is C24H22N2O2. The van der Waals surface area contributed by atoms with Crippen molar-refractivity contribution in [1.29, 1.82) is 0 Å². The smallest absolute Gasteiger partial charge is 0.294 e. The van der Waals surface area contributed by atoms with Gasteiger partial charge in [-0.2, -0.15) is 0 Å². The van der Waals surface area contributed by atoms with Crippen LogP contribution in [0.4, 0.5) is 11.4 Å². The van der Waals surface area contributed by atoms with Gasteiger partial charge < -0.3 is 15.4 Å². The van der Waals surface area contributed by atoms with Crippen LogP contribution >= 0.6 is 0 Å². The molecule has 4 heteroatoms. The van der Waals surface area contributed by atoms with E-state index in [9.17, 15) is 4.79 Å². The van der Waals surface area contributed by atoms with E-state index in [1.54, 1.807) is 23.1 Å². The Morgan fingerprint density at radius 2 is 1.64 bits per heavy atom. The molecule has 0 fully saturated rings.